The summed E-state index contributed by atoms with van der Waals surface area (Å²) in [6.45, 7) is 7.74. The molecule has 0 aliphatic carbocycles. The quantitative estimate of drug-likeness (QED) is 0.834. The van der Waals surface area contributed by atoms with E-state index in [2.05, 4.69) is 37.6 Å². The molecule has 112 valence electrons. The van der Waals surface area contributed by atoms with Crippen molar-refractivity contribution in [3.05, 3.63) is 23.8 Å². The van der Waals surface area contributed by atoms with E-state index in [0.29, 0.717) is 18.0 Å². The Morgan fingerprint density at radius 1 is 1.15 bits per heavy atom. The van der Waals surface area contributed by atoms with Crippen molar-refractivity contribution in [1.29, 1.82) is 0 Å². The smallest absolute Gasteiger partial charge is 0.161 e. The minimum Gasteiger partial charge on any atom is -0.486 e. The molecule has 0 saturated carbocycles. The number of fused-ring (bicyclic) bond motifs is 1. The predicted octanol–water partition coefficient (Wildman–Crippen LogP) is 3.47. The van der Waals surface area contributed by atoms with Crippen LogP contribution in [0.1, 0.15) is 32.3 Å². The number of ether oxygens (including phenoxy) is 2. The molecule has 1 aromatic carbocycles. The van der Waals surface area contributed by atoms with Gasteiger partial charge in [-0.05, 0) is 36.8 Å². The molecule has 20 heavy (non-hydrogen) atoms. The fraction of sp³-hybridized carbons (Fsp3) is 0.625. The van der Waals surface area contributed by atoms with Gasteiger partial charge >= 0.3 is 0 Å². The Balaban J connectivity index is 1.91. The predicted molar refractivity (Wildman–Crippen MR) is 86.0 cm³/mol. The normalized spacial score (nSPS) is 14.3. The molecule has 0 bridgehead atoms. The summed E-state index contributed by atoms with van der Waals surface area (Å²) in [5.74, 6) is 1.73. The molecule has 0 fully saturated rings. The summed E-state index contributed by atoms with van der Waals surface area (Å²) in [4.78, 5) is 0. The highest BCUT2D eigenvalue weighted by molar-refractivity contribution is 8.00. The van der Waals surface area contributed by atoms with Gasteiger partial charge in [0.05, 0.1) is 0 Å². The van der Waals surface area contributed by atoms with E-state index in [-0.39, 0.29) is 0 Å². The zero-order chi connectivity index (χ0) is 14.4. The monoisotopic (exact) mass is 295 g/mol. The zero-order valence-electron chi connectivity index (χ0n) is 12.7. The molecule has 1 aromatic rings. The number of nitrogens with one attached hydrogen (secondary N) is 1. The van der Waals surface area contributed by atoms with Crippen molar-refractivity contribution in [2.24, 2.45) is 0 Å². The van der Waals surface area contributed by atoms with Crippen molar-refractivity contribution in [3.63, 3.8) is 0 Å². The van der Waals surface area contributed by atoms with Crippen LogP contribution in [0.25, 0.3) is 0 Å². The first-order valence-corrected chi connectivity index (χ1v) is 8.60. The third kappa shape index (κ3) is 3.61. The highest BCUT2D eigenvalue weighted by Crippen LogP contribution is 2.31. The molecule has 0 atom stereocenters. The van der Waals surface area contributed by atoms with Crippen LogP contribution in [0.4, 0.5) is 0 Å². The number of rotatable bonds is 7. The van der Waals surface area contributed by atoms with Crippen LogP contribution in [0.2, 0.25) is 0 Å². The summed E-state index contributed by atoms with van der Waals surface area (Å²) < 4.78 is 11.5. The molecule has 0 saturated heterocycles. The van der Waals surface area contributed by atoms with Crippen molar-refractivity contribution in [2.75, 3.05) is 26.0 Å². The van der Waals surface area contributed by atoms with Crippen LogP contribution in [-0.2, 0) is 6.54 Å². The molecule has 2 rings (SSSR count). The minimum atomic E-state index is 0.355. The molecular formula is C16H25NO2S. The Kier molecular flexibility index (Phi) is 5.61. The van der Waals surface area contributed by atoms with Crippen molar-refractivity contribution >= 4 is 11.8 Å². The molecule has 1 N–H and O–H groups in total. The third-order valence-corrected chi connectivity index (χ3v) is 5.69. The Bertz CT molecular complexity index is 424. The first-order chi connectivity index (χ1) is 9.73. The highest BCUT2D eigenvalue weighted by Gasteiger charge is 2.24. The lowest BCUT2D eigenvalue weighted by atomic mass is 10.0. The summed E-state index contributed by atoms with van der Waals surface area (Å²) in [6, 6.07) is 6.20. The van der Waals surface area contributed by atoms with E-state index in [1.165, 1.54) is 18.4 Å². The van der Waals surface area contributed by atoms with Gasteiger partial charge in [-0.15, -0.1) is 0 Å². The lowest BCUT2D eigenvalue weighted by Gasteiger charge is -2.30. The minimum absolute atomic E-state index is 0.355. The average molecular weight is 295 g/mol. The van der Waals surface area contributed by atoms with Gasteiger partial charge in [0.15, 0.2) is 11.5 Å². The van der Waals surface area contributed by atoms with Crippen LogP contribution in [0.3, 0.4) is 0 Å². The fourth-order valence-corrected chi connectivity index (χ4v) is 3.32. The second kappa shape index (κ2) is 7.23. The Morgan fingerprint density at radius 3 is 2.50 bits per heavy atom. The second-order valence-electron chi connectivity index (χ2n) is 5.18. The van der Waals surface area contributed by atoms with Crippen molar-refractivity contribution < 1.29 is 9.47 Å². The maximum Gasteiger partial charge on any atom is 0.161 e. The number of thioether (sulfide) groups is 1. The van der Waals surface area contributed by atoms with E-state index >= 15 is 0 Å². The summed E-state index contributed by atoms with van der Waals surface area (Å²) in [6.07, 6.45) is 4.59. The van der Waals surface area contributed by atoms with E-state index in [4.69, 9.17) is 9.47 Å². The van der Waals surface area contributed by atoms with Crippen molar-refractivity contribution in [1.82, 2.24) is 5.32 Å². The van der Waals surface area contributed by atoms with Gasteiger partial charge in [0, 0.05) is 17.8 Å². The molecule has 0 unspecified atom stereocenters. The molecule has 0 amide bonds. The first-order valence-electron chi connectivity index (χ1n) is 7.37. The van der Waals surface area contributed by atoms with Gasteiger partial charge < -0.3 is 14.8 Å². The Labute approximate surface area is 126 Å². The van der Waals surface area contributed by atoms with Gasteiger partial charge in [0.25, 0.3) is 0 Å². The SMILES string of the molecule is CCC(CC)(CNCc1ccc2c(c1)OCCO2)SC. The van der Waals surface area contributed by atoms with E-state index < -0.39 is 0 Å². The van der Waals surface area contributed by atoms with Gasteiger partial charge in [-0.1, -0.05) is 19.9 Å². The lowest BCUT2D eigenvalue weighted by Crippen LogP contribution is -2.36. The zero-order valence-corrected chi connectivity index (χ0v) is 13.5. The van der Waals surface area contributed by atoms with E-state index in [1.54, 1.807) is 0 Å². The van der Waals surface area contributed by atoms with Gasteiger partial charge in [0.2, 0.25) is 0 Å². The van der Waals surface area contributed by atoms with Crippen molar-refractivity contribution in [3.8, 4) is 11.5 Å². The largest absolute Gasteiger partial charge is 0.486 e. The standard InChI is InChI=1S/C16H25NO2S/c1-4-16(5-2,20-3)12-17-11-13-6-7-14-15(10-13)19-9-8-18-14/h6-7,10,17H,4-5,8-9,11-12H2,1-3H3. The van der Waals surface area contributed by atoms with Crippen LogP contribution in [0, 0.1) is 0 Å². The summed E-state index contributed by atoms with van der Waals surface area (Å²) in [5, 5.41) is 3.58. The maximum absolute atomic E-state index is 5.62. The molecule has 0 spiro atoms. The molecule has 0 aromatic heterocycles. The molecular weight excluding hydrogens is 270 g/mol. The number of hydrogen-bond acceptors (Lipinski definition) is 4. The topological polar surface area (TPSA) is 30.5 Å². The summed E-state index contributed by atoms with van der Waals surface area (Å²) in [7, 11) is 0. The van der Waals surface area contributed by atoms with Crippen LogP contribution in [0.5, 0.6) is 11.5 Å². The summed E-state index contributed by atoms with van der Waals surface area (Å²) >= 11 is 1.97. The molecule has 1 heterocycles. The van der Waals surface area contributed by atoms with E-state index in [0.717, 1.165) is 24.6 Å². The Hall–Kier alpha value is -0.870. The molecule has 4 heteroatoms. The van der Waals surface area contributed by atoms with E-state index in [1.807, 2.05) is 17.8 Å². The summed E-state index contributed by atoms with van der Waals surface area (Å²) in [5.41, 5.74) is 1.25. The molecule has 3 nitrogen and oxygen atoms in total. The fourth-order valence-electron chi connectivity index (χ4n) is 2.49. The van der Waals surface area contributed by atoms with Crippen molar-refractivity contribution in [2.45, 2.75) is 38.0 Å². The molecule has 1 aliphatic rings. The lowest BCUT2D eigenvalue weighted by molar-refractivity contribution is 0.171. The van der Waals surface area contributed by atoms with Crippen LogP contribution in [-0.4, -0.2) is 30.8 Å². The average Bonchev–Trinajstić information content (AvgIpc) is 2.52. The van der Waals surface area contributed by atoms with Crippen LogP contribution in [0.15, 0.2) is 18.2 Å². The first kappa shape index (κ1) is 15.5. The van der Waals surface area contributed by atoms with Gasteiger partial charge in [-0.25, -0.2) is 0 Å². The van der Waals surface area contributed by atoms with Crippen LogP contribution < -0.4 is 14.8 Å². The molecule has 0 radical (unpaired) electrons. The highest BCUT2D eigenvalue weighted by atomic mass is 32.2. The Morgan fingerprint density at radius 2 is 1.85 bits per heavy atom. The van der Waals surface area contributed by atoms with Gasteiger partial charge in [-0.2, -0.15) is 11.8 Å². The molecule has 1 aliphatic heterocycles. The number of hydrogen-bond donors (Lipinski definition) is 1. The van der Waals surface area contributed by atoms with Crippen LogP contribution >= 0.6 is 11.8 Å². The second-order valence-corrected chi connectivity index (χ2v) is 6.45. The van der Waals surface area contributed by atoms with Gasteiger partial charge in [0.1, 0.15) is 13.2 Å². The maximum atomic E-state index is 5.62. The number of benzene rings is 1. The third-order valence-electron chi connectivity index (χ3n) is 4.10. The van der Waals surface area contributed by atoms with Gasteiger partial charge in [-0.3, -0.25) is 0 Å². The van der Waals surface area contributed by atoms with E-state index in [9.17, 15) is 0 Å².